The second kappa shape index (κ2) is 11.2. The van der Waals surface area contributed by atoms with Crippen molar-refractivity contribution < 1.29 is 28.4 Å². The van der Waals surface area contributed by atoms with Crippen LogP contribution in [-0.2, 0) is 9.31 Å². The van der Waals surface area contributed by atoms with Crippen LogP contribution in [0, 0.1) is 12.3 Å². The van der Waals surface area contributed by atoms with Crippen LogP contribution in [0.2, 0.25) is 0 Å². The molecule has 1 atom stereocenters. The zero-order valence-electron chi connectivity index (χ0n) is 25.2. The Morgan fingerprint density at radius 1 is 1.03 bits per heavy atom. The number of nitrogens with one attached hydrogen (secondary N) is 1. The number of hydrazine groups is 1. The third-order valence-corrected chi connectivity index (χ3v) is 7.82. The molecular weight excluding hydrogens is 495 g/mol. The van der Waals surface area contributed by atoms with Gasteiger partial charge in [0.15, 0.2) is 0 Å². The van der Waals surface area contributed by atoms with Crippen molar-refractivity contribution in [2.45, 2.75) is 86.0 Å². The SMILES string of the molecule is CC[C@@H](N(NC(=O)c1cccc(OC)c1C)C(=O)c1cc(OC)cc(B2OC(C)(C)C(C)(C)O2)c1)C(C)(C)C. The minimum atomic E-state index is -0.677. The van der Waals surface area contributed by atoms with Gasteiger partial charge in [0, 0.05) is 16.7 Å². The molecule has 8 nitrogen and oxygen atoms in total. The Morgan fingerprint density at radius 2 is 1.64 bits per heavy atom. The number of hydrogen-bond donors (Lipinski definition) is 1. The number of benzene rings is 2. The Hall–Kier alpha value is -3.04. The van der Waals surface area contributed by atoms with E-state index in [1.54, 1.807) is 44.6 Å². The first-order valence-electron chi connectivity index (χ1n) is 13.4. The molecule has 0 bridgehead atoms. The molecule has 9 heteroatoms. The fourth-order valence-corrected chi connectivity index (χ4v) is 4.82. The maximum absolute atomic E-state index is 14.2. The Morgan fingerprint density at radius 3 is 2.15 bits per heavy atom. The van der Waals surface area contributed by atoms with E-state index < -0.39 is 24.2 Å². The molecule has 1 heterocycles. The van der Waals surface area contributed by atoms with Gasteiger partial charge in [0.1, 0.15) is 11.5 Å². The van der Waals surface area contributed by atoms with Gasteiger partial charge in [-0.05, 0) is 82.2 Å². The summed E-state index contributed by atoms with van der Waals surface area (Å²) >= 11 is 0. The third-order valence-electron chi connectivity index (χ3n) is 7.82. The highest BCUT2D eigenvalue weighted by Crippen LogP contribution is 2.37. The highest BCUT2D eigenvalue weighted by Gasteiger charge is 2.52. The van der Waals surface area contributed by atoms with E-state index in [1.165, 1.54) is 5.01 Å². The second-order valence-corrected chi connectivity index (χ2v) is 12.1. The topological polar surface area (TPSA) is 86.3 Å². The second-order valence-electron chi connectivity index (χ2n) is 12.1. The molecule has 2 amide bonds. The lowest BCUT2D eigenvalue weighted by atomic mass is 9.78. The molecule has 0 radical (unpaired) electrons. The monoisotopic (exact) mass is 538 g/mol. The molecule has 39 heavy (non-hydrogen) atoms. The first-order chi connectivity index (χ1) is 18.1. The number of carbonyl (C=O) groups is 2. The van der Waals surface area contributed by atoms with Gasteiger partial charge in [-0.25, -0.2) is 5.01 Å². The van der Waals surface area contributed by atoms with Crippen molar-refractivity contribution in [2.24, 2.45) is 5.41 Å². The van der Waals surface area contributed by atoms with E-state index >= 15 is 0 Å². The number of nitrogens with zero attached hydrogens (tertiary/aromatic N) is 1. The predicted molar refractivity (Wildman–Crippen MR) is 154 cm³/mol. The minimum absolute atomic E-state index is 0.300. The van der Waals surface area contributed by atoms with Crippen LogP contribution in [0.4, 0.5) is 0 Å². The van der Waals surface area contributed by atoms with Crippen molar-refractivity contribution in [1.82, 2.24) is 10.4 Å². The van der Waals surface area contributed by atoms with Gasteiger partial charge in [-0.15, -0.1) is 0 Å². The van der Waals surface area contributed by atoms with E-state index in [9.17, 15) is 9.59 Å². The van der Waals surface area contributed by atoms with Crippen LogP contribution in [0.1, 0.15) is 88.1 Å². The highest BCUT2D eigenvalue weighted by molar-refractivity contribution is 6.62. The fourth-order valence-electron chi connectivity index (χ4n) is 4.82. The van der Waals surface area contributed by atoms with Crippen molar-refractivity contribution in [3.8, 4) is 11.5 Å². The van der Waals surface area contributed by atoms with Gasteiger partial charge in [0.05, 0.1) is 31.5 Å². The molecule has 1 aliphatic rings. The van der Waals surface area contributed by atoms with Gasteiger partial charge in [0.2, 0.25) is 0 Å². The number of ether oxygens (including phenoxy) is 2. The Kier molecular flexibility index (Phi) is 8.77. The van der Waals surface area contributed by atoms with E-state index in [0.29, 0.717) is 40.1 Å². The quantitative estimate of drug-likeness (QED) is 0.398. The van der Waals surface area contributed by atoms with Crippen LogP contribution < -0.4 is 20.4 Å². The number of rotatable bonds is 7. The van der Waals surface area contributed by atoms with Crippen molar-refractivity contribution in [2.75, 3.05) is 14.2 Å². The third kappa shape index (κ3) is 6.25. The molecule has 0 aliphatic carbocycles. The summed E-state index contributed by atoms with van der Waals surface area (Å²) in [6.07, 6.45) is 0.626. The van der Waals surface area contributed by atoms with E-state index in [1.807, 2.05) is 68.4 Å². The van der Waals surface area contributed by atoms with Crippen LogP contribution in [0.25, 0.3) is 0 Å². The van der Waals surface area contributed by atoms with E-state index in [2.05, 4.69) is 5.43 Å². The maximum Gasteiger partial charge on any atom is 0.494 e. The molecule has 1 fully saturated rings. The van der Waals surface area contributed by atoms with Gasteiger partial charge < -0.3 is 18.8 Å². The van der Waals surface area contributed by atoms with Crippen LogP contribution >= 0.6 is 0 Å². The summed E-state index contributed by atoms with van der Waals surface area (Å²) in [5.41, 5.74) is 3.65. The molecule has 1 aliphatic heterocycles. The minimum Gasteiger partial charge on any atom is -0.497 e. The van der Waals surface area contributed by atoms with Gasteiger partial charge in [-0.1, -0.05) is 33.8 Å². The number of hydrogen-bond acceptors (Lipinski definition) is 6. The summed E-state index contributed by atoms with van der Waals surface area (Å²) in [5, 5.41) is 1.45. The number of carbonyl (C=O) groups excluding carboxylic acids is 2. The summed E-state index contributed by atoms with van der Waals surface area (Å²) in [6, 6.07) is 10.2. The predicted octanol–water partition coefficient (Wildman–Crippen LogP) is 4.92. The maximum atomic E-state index is 14.2. The average molecular weight is 538 g/mol. The van der Waals surface area contributed by atoms with E-state index in [-0.39, 0.29) is 17.4 Å². The normalized spacial score (nSPS) is 16.9. The van der Waals surface area contributed by atoms with E-state index in [4.69, 9.17) is 18.8 Å². The molecule has 212 valence electrons. The van der Waals surface area contributed by atoms with E-state index in [0.717, 1.165) is 0 Å². The summed E-state index contributed by atoms with van der Waals surface area (Å²) in [7, 11) is 2.43. The van der Waals surface area contributed by atoms with Gasteiger partial charge in [-0.2, -0.15) is 0 Å². The van der Waals surface area contributed by atoms with Crippen molar-refractivity contribution in [3.05, 3.63) is 53.1 Å². The molecule has 1 N–H and O–H groups in total. The van der Waals surface area contributed by atoms with Crippen LogP contribution in [0.3, 0.4) is 0 Å². The van der Waals surface area contributed by atoms with Crippen molar-refractivity contribution in [1.29, 1.82) is 0 Å². The summed E-state index contributed by atoms with van der Waals surface area (Å²) < 4.78 is 23.4. The smallest absolute Gasteiger partial charge is 0.494 e. The molecule has 0 saturated carbocycles. The number of amides is 2. The summed E-state index contributed by atoms with van der Waals surface area (Å²) in [4.78, 5) is 27.8. The van der Waals surface area contributed by atoms with Crippen LogP contribution in [-0.4, -0.2) is 55.4 Å². The number of methoxy groups -OCH3 is 2. The Bertz CT molecular complexity index is 1200. The summed E-state index contributed by atoms with van der Waals surface area (Å²) in [6.45, 7) is 17.9. The molecule has 0 unspecified atom stereocenters. The Labute approximate surface area is 233 Å². The zero-order chi connectivity index (χ0) is 29.3. The fraction of sp³-hybridized carbons (Fsp3) is 0.533. The molecule has 0 spiro atoms. The van der Waals surface area contributed by atoms with Gasteiger partial charge in [-0.3, -0.25) is 15.0 Å². The standard InChI is InChI=1S/C30H43BN2O6/c1-12-25(28(3,4)5)33(32-26(34)23-14-13-15-24(37-11)19(23)2)27(35)20-16-21(18-22(17-20)36-10)31-38-29(6,7)30(8,9)39-31/h13-18,25H,12H2,1-11H3,(H,32,34)/t25-/m1/s1. The summed E-state index contributed by atoms with van der Waals surface area (Å²) in [5.74, 6) is 0.339. The molecule has 0 aromatic heterocycles. The highest BCUT2D eigenvalue weighted by atomic mass is 16.7. The zero-order valence-corrected chi connectivity index (χ0v) is 25.2. The van der Waals surface area contributed by atoms with Gasteiger partial charge in [0.25, 0.3) is 11.8 Å². The molecule has 3 rings (SSSR count). The Balaban J connectivity index is 2.05. The lowest BCUT2D eigenvalue weighted by molar-refractivity contribution is 0.00578. The molecular formula is C30H43BN2O6. The lowest BCUT2D eigenvalue weighted by Crippen LogP contribution is -2.56. The molecule has 2 aromatic carbocycles. The lowest BCUT2D eigenvalue weighted by Gasteiger charge is -2.39. The van der Waals surface area contributed by atoms with Crippen molar-refractivity contribution >= 4 is 24.4 Å². The van der Waals surface area contributed by atoms with Crippen molar-refractivity contribution in [3.63, 3.8) is 0 Å². The first kappa shape index (κ1) is 30.5. The van der Waals surface area contributed by atoms with Crippen LogP contribution in [0.15, 0.2) is 36.4 Å². The largest absolute Gasteiger partial charge is 0.497 e. The van der Waals surface area contributed by atoms with Crippen LogP contribution in [0.5, 0.6) is 11.5 Å². The molecule has 1 saturated heterocycles. The average Bonchev–Trinajstić information content (AvgIpc) is 3.08. The van der Waals surface area contributed by atoms with Gasteiger partial charge >= 0.3 is 7.12 Å². The molecule has 2 aromatic rings. The first-order valence-corrected chi connectivity index (χ1v) is 13.4.